The van der Waals surface area contributed by atoms with Crippen LogP contribution in [0, 0.1) is 12.8 Å². The lowest BCUT2D eigenvalue weighted by molar-refractivity contribution is 0.0322. The van der Waals surface area contributed by atoms with E-state index in [2.05, 4.69) is 25.5 Å². The molecule has 1 fully saturated rings. The van der Waals surface area contributed by atoms with E-state index in [4.69, 9.17) is 21.1 Å². The predicted molar refractivity (Wildman–Crippen MR) is 137 cm³/mol. The third kappa shape index (κ3) is 5.63. The summed E-state index contributed by atoms with van der Waals surface area (Å²) in [5.41, 5.74) is 2.17. The molecule has 0 saturated carbocycles. The van der Waals surface area contributed by atoms with Crippen molar-refractivity contribution in [1.29, 1.82) is 0 Å². The lowest BCUT2D eigenvalue weighted by Gasteiger charge is -2.33. The minimum Gasteiger partial charge on any atom is -0.494 e. The van der Waals surface area contributed by atoms with E-state index in [9.17, 15) is 9.59 Å². The van der Waals surface area contributed by atoms with E-state index in [1.165, 1.54) is 19.5 Å². The molecule has 10 nitrogen and oxygen atoms in total. The number of aromatic nitrogens is 4. The molecule has 1 saturated heterocycles. The number of anilines is 1. The van der Waals surface area contributed by atoms with Crippen LogP contribution in [0.1, 0.15) is 45.6 Å². The Hall–Kier alpha value is -3.15. The summed E-state index contributed by atoms with van der Waals surface area (Å²) >= 11 is 7.14. The van der Waals surface area contributed by atoms with Crippen molar-refractivity contribution in [1.82, 2.24) is 25.1 Å². The fraction of sp³-hybridized carbons (Fsp3) is 0.417. The molecule has 1 unspecified atom stereocenters. The van der Waals surface area contributed by atoms with Gasteiger partial charge in [0, 0.05) is 49.3 Å². The molecular formula is C24H27ClN6O4S. The monoisotopic (exact) mass is 530 g/mol. The number of hydrogen-bond acceptors (Lipinski definition) is 9. The number of aryl methyl sites for hydroxylation is 1. The van der Waals surface area contributed by atoms with Gasteiger partial charge in [-0.15, -0.1) is 10.2 Å². The highest BCUT2D eigenvalue weighted by atomic mass is 35.5. The van der Waals surface area contributed by atoms with Gasteiger partial charge in [-0.3, -0.25) is 19.9 Å². The second kappa shape index (κ2) is 11.3. The van der Waals surface area contributed by atoms with E-state index < -0.39 is 5.91 Å². The molecule has 12 heteroatoms. The number of carbonyl (C=O) groups excluding carboxylic acids is 2. The van der Waals surface area contributed by atoms with Crippen molar-refractivity contribution < 1.29 is 19.1 Å². The van der Waals surface area contributed by atoms with Gasteiger partial charge in [-0.25, -0.2) is 4.98 Å². The standard InChI is InChI=1S/C24H27ClN6O4S/c1-13-9-16(17-10-20(25)27-12-19(17)34-4)18(11-26-13)21(32)28-24-30-29-22(36-24)23(33)31(3)14(2)15-5-7-35-8-6-15/h9-12,14-15H,5-8H2,1-4H3,(H,28,30,32). The quantitative estimate of drug-likeness (QED) is 0.453. The molecule has 1 N–H and O–H groups in total. The lowest BCUT2D eigenvalue weighted by atomic mass is 9.92. The number of hydrogen-bond donors (Lipinski definition) is 1. The number of pyridine rings is 2. The first-order chi connectivity index (χ1) is 17.3. The van der Waals surface area contributed by atoms with Crippen molar-refractivity contribution in [3.05, 3.63) is 45.9 Å². The van der Waals surface area contributed by atoms with Crippen LogP contribution in [0.5, 0.6) is 5.75 Å². The number of methoxy groups -OCH3 is 1. The molecule has 2 amide bonds. The maximum atomic E-state index is 13.2. The molecule has 0 spiro atoms. The van der Waals surface area contributed by atoms with Gasteiger partial charge in [0.25, 0.3) is 11.8 Å². The van der Waals surface area contributed by atoms with E-state index in [1.807, 2.05) is 13.8 Å². The Bertz CT molecular complexity index is 1260. The van der Waals surface area contributed by atoms with Crippen LogP contribution in [-0.2, 0) is 4.74 Å². The van der Waals surface area contributed by atoms with Crippen molar-refractivity contribution in [2.45, 2.75) is 32.7 Å². The average molecular weight is 531 g/mol. The highest BCUT2D eigenvalue weighted by Crippen LogP contribution is 2.34. The van der Waals surface area contributed by atoms with E-state index in [1.54, 1.807) is 24.1 Å². The number of carbonyl (C=O) groups is 2. The SMILES string of the molecule is COc1cnc(Cl)cc1-c1cc(C)ncc1C(=O)Nc1nnc(C(=O)N(C)C(C)C2CCOCC2)s1. The molecule has 0 bridgehead atoms. The minimum atomic E-state index is -0.452. The Balaban J connectivity index is 1.53. The van der Waals surface area contributed by atoms with Crippen LogP contribution < -0.4 is 10.1 Å². The van der Waals surface area contributed by atoms with Gasteiger partial charge in [-0.2, -0.15) is 0 Å². The number of amides is 2. The van der Waals surface area contributed by atoms with Crippen molar-refractivity contribution in [3.8, 4) is 16.9 Å². The van der Waals surface area contributed by atoms with E-state index in [0.717, 1.165) is 24.2 Å². The third-order valence-electron chi connectivity index (χ3n) is 6.34. The van der Waals surface area contributed by atoms with E-state index in [0.29, 0.717) is 41.7 Å². The molecule has 1 atom stereocenters. The first kappa shape index (κ1) is 25.9. The molecule has 0 aliphatic carbocycles. The molecule has 3 aromatic rings. The highest BCUT2D eigenvalue weighted by molar-refractivity contribution is 7.17. The molecule has 0 radical (unpaired) electrons. The molecule has 1 aliphatic heterocycles. The first-order valence-corrected chi connectivity index (χ1v) is 12.6. The summed E-state index contributed by atoms with van der Waals surface area (Å²) in [6, 6.07) is 3.43. The number of nitrogens with zero attached hydrogens (tertiary/aromatic N) is 5. The van der Waals surface area contributed by atoms with Crippen LogP contribution in [0.15, 0.2) is 24.5 Å². The Morgan fingerprint density at radius 3 is 2.67 bits per heavy atom. The second-order valence-electron chi connectivity index (χ2n) is 8.55. The van der Waals surface area contributed by atoms with Gasteiger partial charge < -0.3 is 14.4 Å². The largest absolute Gasteiger partial charge is 0.494 e. The van der Waals surface area contributed by atoms with Crippen molar-refractivity contribution in [3.63, 3.8) is 0 Å². The van der Waals surface area contributed by atoms with Gasteiger partial charge in [0.1, 0.15) is 10.9 Å². The molecule has 1 aliphatic rings. The number of nitrogens with one attached hydrogen (secondary N) is 1. The van der Waals surface area contributed by atoms with Crippen LogP contribution in [0.4, 0.5) is 5.13 Å². The average Bonchev–Trinajstić information content (AvgIpc) is 3.36. The lowest BCUT2D eigenvalue weighted by Crippen LogP contribution is -2.41. The zero-order valence-corrected chi connectivity index (χ0v) is 22.0. The maximum absolute atomic E-state index is 13.2. The van der Waals surface area contributed by atoms with Crippen molar-refractivity contribution >= 4 is 39.9 Å². The summed E-state index contributed by atoms with van der Waals surface area (Å²) in [7, 11) is 3.28. The zero-order chi connectivity index (χ0) is 25.8. The summed E-state index contributed by atoms with van der Waals surface area (Å²) < 4.78 is 10.8. The highest BCUT2D eigenvalue weighted by Gasteiger charge is 2.29. The number of ether oxygens (including phenoxy) is 2. The Labute approximate surface area is 218 Å². The van der Waals surface area contributed by atoms with Gasteiger partial charge in [-0.05, 0) is 44.7 Å². The van der Waals surface area contributed by atoms with Crippen LogP contribution in [0.3, 0.4) is 0 Å². The Morgan fingerprint density at radius 1 is 1.19 bits per heavy atom. The van der Waals surface area contributed by atoms with Crippen LogP contribution >= 0.6 is 22.9 Å². The summed E-state index contributed by atoms with van der Waals surface area (Å²) in [6.07, 6.45) is 4.80. The molecule has 0 aromatic carbocycles. The normalized spacial score (nSPS) is 14.8. The van der Waals surface area contributed by atoms with Gasteiger partial charge in [0.2, 0.25) is 10.1 Å². The second-order valence-corrected chi connectivity index (χ2v) is 9.92. The van der Waals surface area contributed by atoms with Crippen molar-refractivity contribution in [2.75, 3.05) is 32.7 Å². The molecule has 36 heavy (non-hydrogen) atoms. The molecule has 4 rings (SSSR count). The van der Waals surface area contributed by atoms with E-state index in [-0.39, 0.29) is 32.8 Å². The predicted octanol–water partition coefficient (Wildman–Crippen LogP) is 4.10. The number of halogens is 1. The molecule has 4 heterocycles. The third-order valence-corrected chi connectivity index (χ3v) is 7.37. The van der Waals surface area contributed by atoms with Gasteiger partial charge in [0.15, 0.2) is 0 Å². The Morgan fingerprint density at radius 2 is 1.94 bits per heavy atom. The van der Waals surface area contributed by atoms with E-state index >= 15 is 0 Å². The summed E-state index contributed by atoms with van der Waals surface area (Å²) in [6.45, 7) is 5.27. The summed E-state index contributed by atoms with van der Waals surface area (Å²) in [5.74, 6) is 0.142. The topological polar surface area (TPSA) is 119 Å². The van der Waals surface area contributed by atoms with Crippen LogP contribution in [0.2, 0.25) is 5.15 Å². The van der Waals surface area contributed by atoms with Crippen LogP contribution in [-0.4, -0.2) is 70.3 Å². The maximum Gasteiger partial charge on any atom is 0.284 e. The Kier molecular flexibility index (Phi) is 8.12. The smallest absolute Gasteiger partial charge is 0.284 e. The van der Waals surface area contributed by atoms with Gasteiger partial charge in [0.05, 0.1) is 18.9 Å². The van der Waals surface area contributed by atoms with Gasteiger partial charge >= 0.3 is 0 Å². The van der Waals surface area contributed by atoms with Crippen LogP contribution in [0.25, 0.3) is 11.1 Å². The zero-order valence-electron chi connectivity index (χ0n) is 20.4. The molecule has 3 aromatic heterocycles. The molecule has 190 valence electrons. The fourth-order valence-electron chi connectivity index (χ4n) is 4.13. The van der Waals surface area contributed by atoms with Gasteiger partial charge in [-0.1, -0.05) is 22.9 Å². The summed E-state index contributed by atoms with van der Waals surface area (Å²) in [4.78, 5) is 36.2. The van der Waals surface area contributed by atoms with Crippen molar-refractivity contribution in [2.24, 2.45) is 5.92 Å². The first-order valence-electron chi connectivity index (χ1n) is 11.4. The fourth-order valence-corrected chi connectivity index (χ4v) is 5.01. The minimum absolute atomic E-state index is 0.0340. The molecular weight excluding hydrogens is 504 g/mol. The summed E-state index contributed by atoms with van der Waals surface area (Å²) in [5, 5.41) is 11.5. The number of rotatable bonds is 7.